The molecule has 0 radical (unpaired) electrons. The van der Waals surface area contributed by atoms with Gasteiger partial charge in [-0.05, 0) is 54.1 Å². The molecule has 5 nitrogen and oxygen atoms in total. The highest BCUT2D eigenvalue weighted by molar-refractivity contribution is 7.91. The van der Waals surface area contributed by atoms with Gasteiger partial charge in [-0.2, -0.15) is 0 Å². The molecule has 0 unspecified atom stereocenters. The van der Waals surface area contributed by atoms with Gasteiger partial charge in [-0.25, -0.2) is 8.42 Å². The second-order valence-corrected chi connectivity index (χ2v) is 9.02. The van der Waals surface area contributed by atoms with E-state index in [2.05, 4.69) is 5.32 Å². The van der Waals surface area contributed by atoms with E-state index in [1.54, 1.807) is 78.9 Å². The van der Waals surface area contributed by atoms with Crippen LogP contribution in [-0.4, -0.2) is 14.3 Å². The van der Waals surface area contributed by atoms with Crippen molar-refractivity contribution in [2.45, 2.75) is 16.4 Å². The zero-order valence-corrected chi connectivity index (χ0v) is 18.0. The van der Waals surface area contributed by atoms with E-state index in [1.165, 1.54) is 0 Å². The lowest BCUT2D eigenvalue weighted by Crippen LogP contribution is -2.13. The summed E-state index contributed by atoms with van der Waals surface area (Å²) in [6.07, 6.45) is 0. The summed E-state index contributed by atoms with van der Waals surface area (Å²) in [5.41, 5.74) is 1.90. The minimum absolute atomic E-state index is 0.196. The number of hydrogen-bond acceptors (Lipinski definition) is 4. The zero-order valence-electron chi connectivity index (χ0n) is 17.1. The van der Waals surface area contributed by atoms with E-state index in [4.69, 9.17) is 4.74 Å². The van der Waals surface area contributed by atoms with Crippen LogP contribution in [0.1, 0.15) is 15.9 Å². The third kappa shape index (κ3) is 4.87. The number of ether oxygens (including phenoxy) is 1. The maximum absolute atomic E-state index is 12.7. The summed E-state index contributed by atoms with van der Waals surface area (Å²) in [6, 6.07) is 31.1. The second-order valence-electron chi connectivity index (χ2n) is 7.07. The van der Waals surface area contributed by atoms with Gasteiger partial charge in [0.2, 0.25) is 9.84 Å². The molecule has 0 atom stereocenters. The Balaban J connectivity index is 1.46. The molecule has 0 heterocycles. The molecular formula is C26H21NO4S. The van der Waals surface area contributed by atoms with Crippen LogP contribution in [0.25, 0.3) is 0 Å². The van der Waals surface area contributed by atoms with Gasteiger partial charge in [0.15, 0.2) is 0 Å². The number of hydrogen-bond donors (Lipinski definition) is 1. The number of benzene rings is 4. The zero-order chi connectivity index (χ0) is 22.4. The molecule has 0 aliphatic rings. The lowest BCUT2D eigenvalue weighted by molar-refractivity contribution is 0.102. The van der Waals surface area contributed by atoms with E-state index >= 15 is 0 Å². The van der Waals surface area contributed by atoms with E-state index in [-0.39, 0.29) is 22.3 Å². The van der Waals surface area contributed by atoms with E-state index in [9.17, 15) is 13.2 Å². The molecule has 4 rings (SSSR count). The van der Waals surface area contributed by atoms with E-state index in [1.807, 2.05) is 30.3 Å². The topological polar surface area (TPSA) is 72.5 Å². The number of para-hydroxylation sites is 2. The molecule has 0 saturated carbocycles. The SMILES string of the molecule is O=C(Nc1ccccc1)c1ccccc1OCc1ccc(S(=O)(=O)c2ccccc2)cc1. The molecule has 6 heteroatoms. The van der Waals surface area contributed by atoms with Gasteiger partial charge < -0.3 is 10.1 Å². The molecule has 0 fully saturated rings. The van der Waals surface area contributed by atoms with Gasteiger partial charge in [-0.15, -0.1) is 0 Å². The average molecular weight is 444 g/mol. The molecule has 32 heavy (non-hydrogen) atoms. The van der Waals surface area contributed by atoms with Crippen molar-refractivity contribution in [3.63, 3.8) is 0 Å². The number of carbonyl (C=O) groups excluding carboxylic acids is 1. The number of amides is 1. The van der Waals surface area contributed by atoms with Crippen LogP contribution in [0.3, 0.4) is 0 Å². The van der Waals surface area contributed by atoms with Crippen LogP contribution in [-0.2, 0) is 16.4 Å². The van der Waals surface area contributed by atoms with Gasteiger partial charge in [0.05, 0.1) is 15.4 Å². The minimum atomic E-state index is -3.56. The lowest BCUT2D eigenvalue weighted by Gasteiger charge is -2.12. The van der Waals surface area contributed by atoms with Crippen molar-refractivity contribution in [2.24, 2.45) is 0 Å². The largest absolute Gasteiger partial charge is 0.488 e. The maximum Gasteiger partial charge on any atom is 0.259 e. The summed E-state index contributed by atoms with van der Waals surface area (Å²) >= 11 is 0. The van der Waals surface area contributed by atoms with Gasteiger partial charge in [-0.1, -0.05) is 60.7 Å². The highest BCUT2D eigenvalue weighted by atomic mass is 32.2. The van der Waals surface area contributed by atoms with E-state index < -0.39 is 9.84 Å². The minimum Gasteiger partial charge on any atom is -0.488 e. The van der Waals surface area contributed by atoms with Crippen LogP contribution in [0.4, 0.5) is 5.69 Å². The number of anilines is 1. The Morgan fingerprint density at radius 3 is 1.94 bits per heavy atom. The molecule has 0 bridgehead atoms. The molecule has 4 aromatic carbocycles. The van der Waals surface area contributed by atoms with E-state index in [0.717, 1.165) is 5.56 Å². The van der Waals surface area contributed by atoms with Crippen LogP contribution >= 0.6 is 0 Å². The summed E-state index contributed by atoms with van der Waals surface area (Å²) < 4.78 is 31.3. The quantitative estimate of drug-likeness (QED) is 0.418. The Bertz CT molecular complexity index is 1300. The Kier molecular flexibility index (Phi) is 6.33. The Hall–Kier alpha value is -3.90. The maximum atomic E-state index is 12.7. The first-order valence-corrected chi connectivity index (χ1v) is 11.5. The Labute approximate surface area is 187 Å². The summed E-state index contributed by atoms with van der Waals surface area (Å²) in [5, 5.41) is 2.85. The van der Waals surface area contributed by atoms with Crippen LogP contribution in [0, 0.1) is 0 Å². The third-order valence-electron chi connectivity index (χ3n) is 4.84. The first kappa shape index (κ1) is 21.3. The van der Waals surface area contributed by atoms with Crippen molar-refractivity contribution in [1.82, 2.24) is 0 Å². The molecule has 1 amide bonds. The predicted octanol–water partition coefficient (Wildman–Crippen LogP) is 5.35. The second kappa shape index (κ2) is 9.49. The van der Waals surface area contributed by atoms with Gasteiger partial charge in [-0.3, -0.25) is 4.79 Å². The summed E-state index contributed by atoms with van der Waals surface area (Å²) in [4.78, 5) is 13.1. The van der Waals surface area contributed by atoms with Crippen molar-refractivity contribution in [1.29, 1.82) is 0 Å². The normalized spacial score (nSPS) is 11.0. The van der Waals surface area contributed by atoms with Crippen molar-refractivity contribution < 1.29 is 17.9 Å². The van der Waals surface area contributed by atoms with Gasteiger partial charge in [0.1, 0.15) is 12.4 Å². The first-order valence-electron chi connectivity index (χ1n) is 10.0. The molecule has 1 N–H and O–H groups in total. The third-order valence-corrected chi connectivity index (χ3v) is 6.63. The fraction of sp³-hybridized carbons (Fsp3) is 0.0385. The molecular weight excluding hydrogens is 422 g/mol. The molecule has 4 aromatic rings. The predicted molar refractivity (Wildman–Crippen MR) is 124 cm³/mol. The van der Waals surface area contributed by atoms with Crippen LogP contribution in [0.15, 0.2) is 119 Å². The summed E-state index contributed by atoms with van der Waals surface area (Å²) in [5.74, 6) is 0.179. The number of rotatable bonds is 7. The molecule has 160 valence electrons. The highest BCUT2D eigenvalue weighted by Gasteiger charge is 2.17. The molecule has 0 aliphatic carbocycles. The standard InChI is InChI=1S/C26H21NO4S/c28-26(27-21-9-3-1-4-10-21)24-13-7-8-14-25(24)31-19-20-15-17-23(18-16-20)32(29,30)22-11-5-2-6-12-22/h1-18H,19H2,(H,27,28). The Morgan fingerprint density at radius 1 is 0.688 bits per heavy atom. The average Bonchev–Trinajstić information content (AvgIpc) is 2.84. The lowest BCUT2D eigenvalue weighted by atomic mass is 10.1. The summed E-state index contributed by atoms with van der Waals surface area (Å²) in [7, 11) is -3.56. The molecule has 0 saturated heterocycles. The van der Waals surface area contributed by atoms with Crippen LogP contribution < -0.4 is 10.1 Å². The van der Waals surface area contributed by atoms with Crippen LogP contribution in [0.2, 0.25) is 0 Å². The van der Waals surface area contributed by atoms with Crippen LogP contribution in [0.5, 0.6) is 5.75 Å². The van der Waals surface area contributed by atoms with Crippen molar-refractivity contribution >= 4 is 21.4 Å². The molecule has 0 aliphatic heterocycles. The molecule has 0 spiro atoms. The summed E-state index contributed by atoms with van der Waals surface area (Å²) in [6.45, 7) is 0.196. The fourth-order valence-electron chi connectivity index (χ4n) is 3.16. The van der Waals surface area contributed by atoms with Gasteiger partial charge in [0, 0.05) is 5.69 Å². The molecule has 0 aromatic heterocycles. The fourth-order valence-corrected chi connectivity index (χ4v) is 4.44. The van der Waals surface area contributed by atoms with Gasteiger partial charge >= 0.3 is 0 Å². The van der Waals surface area contributed by atoms with Gasteiger partial charge in [0.25, 0.3) is 5.91 Å². The van der Waals surface area contributed by atoms with Crippen molar-refractivity contribution in [2.75, 3.05) is 5.32 Å². The first-order chi connectivity index (χ1) is 15.5. The highest BCUT2D eigenvalue weighted by Crippen LogP contribution is 2.23. The number of carbonyl (C=O) groups is 1. The monoisotopic (exact) mass is 443 g/mol. The Morgan fingerprint density at radius 2 is 1.25 bits per heavy atom. The smallest absolute Gasteiger partial charge is 0.259 e. The van der Waals surface area contributed by atoms with Crippen molar-refractivity contribution in [3.8, 4) is 5.75 Å². The number of sulfone groups is 1. The number of nitrogens with one attached hydrogen (secondary N) is 1. The van der Waals surface area contributed by atoms with Crippen molar-refractivity contribution in [3.05, 3.63) is 120 Å². The van der Waals surface area contributed by atoms with E-state index in [0.29, 0.717) is 17.0 Å².